The van der Waals surface area contributed by atoms with E-state index in [1.807, 2.05) is 31.2 Å². The Labute approximate surface area is 195 Å². The molecule has 0 bridgehead atoms. The molecule has 1 aromatic heterocycles. The number of aromatic nitrogens is 1. The molecule has 3 atom stereocenters. The lowest BCUT2D eigenvalue weighted by molar-refractivity contribution is 0.0891. The van der Waals surface area contributed by atoms with Gasteiger partial charge in [-0.25, -0.2) is 4.98 Å². The zero-order valence-corrected chi connectivity index (χ0v) is 20.2. The lowest BCUT2D eigenvalue weighted by Gasteiger charge is -2.34. The molecule has 1 amide bonds. The predicted octanol–water partition coefficient (Wildman–Crippen LogP) is 6.81. The summed E-state index contributed by atoms with van der Waals surface area (Å²) in [6.45, 7) is 8.57. The molecular formula is C27H32N2O2S. The van der Waals surface area contributed by atoms with Gasteiger partial charge in [0.15, 0.2) is 0 Å². The third-order valence-electron chi connectivity index (χ3n) is 6.71. The van der Waals surface area contributed by atoms with Gasteiger partial charge in [-0.05, 0) is 68.5 Å². The number of rotatable bonds is 6. The Morgan fingerprint density at radius 3 is 2.50 bits per heavy atom. The lowest BCUT2D eigenvalue weighted by Crippen LogP contribution is -2.43. The summed E-state index contributed by atoms with van der Waals surface area (Å²) in [5, 5.41) is 3.24. The maximum absolute atomic E-state index is 12.8. The molecule has 32 heavy (non-hydrogen) atoms. The summed E-state index contributed by atoms with van der Waals surface area (Å²) in [4.78, 5) is 18.7. The molecule has 1 aliphatic rings. The molecule has 2 aromatic carbocycles. The van der Waals surface area contributed by atoms with Crippen molar-refractivity contribution >= 4 is 17.7 Å². The summed E-state index contributed by atoms with van der Waals surface area (Å²) >= 11 is 1.75. The van der Waals surface area contributed by atoms with Crippen LogP contribution < -0.4 is 5.32 Å². The van der Waals surface area contributed by atoms with Crippen LogP contribution in [0.4, 0.5) is 0 Å². The molecule has 1 heterocycles. The fraction of sp³-hybridized carbons (Fsp3) is 0.407. The Balaban J connectivity index is 1.40. The van der Waals surface area contributed by atoms with Crippen LogP contribution in [0.1, 0.15) is 60.5 Å². The fourth-order valence-corrected chi connectivity index (χ4v) is 5.17. The van der Waals surface area contributed by atoms with Gasteiger partial charge in [0.1, 0.15) is 5.76 Å². The van der Waals surface area contributed by atoms with E-state index in [0.29, 0.717) is 23.3 Å². The van der Waals surface area contributed by atoms with E-state index in [-0.39, 0.29) is 11.9 Å². The number of amides is 1. The second kappa shape index (κ2) is 9.95. The van der Waals surface area contributed by atoms with Crippen LogP contribution in [0.2, 0.25) is 0 Å². The first-order chi connectivity index (χ1) is 15.4. The molecule has 4 rings (SSSR count). The molecule has 5 heteroatoms. The molecule has 0 radical (unpaired) electrons. The van der Waals surface area contributed by atoms with E-state index in [4.69, 9.17) is 9.40 Å². The van der Waals surface area contributed by atoms with Crippen molar-refractivity contribution in [3.8, 4) is 11.5 Å². The van der Waals surface area contributed by atoms with Crippen molar-refractivity contribution in [2.75, 3.05) is 0 Å². The van der Waals surface area contributed by atoms with Crippen LogP contribution in [0.3, 0.4) is 0 Å². The van der Waals surface area contributed by atoms with Crippen LogP contribution in [0.15, 0.2) is 57.8 Å². The number of oxazole rings is 1. The van der Waals surface area contributed by atoms with Gasteiger partial charge in [0.2, 0.25) is 5.89 Å². The first kappa shape index (κ1) is 22.7. The molecular weight excluding hydrogens is 416 g/mol. The summed E-state index contributed by atoms with van der Waals surface area (Å²) < 4.78 is 5.93. The van der Waals surface area contributed by atoms with Crippen molar-refractivity contribution in [1.82, 2.24) is 10.3 Å². The van der Waals surface area contributed by atoms with Crippen molar-refractivity contribution in [3.63, 3.8) is 0 Å². The normalized spacial score (nSPS) is 20.8. The minimum Gasteiger partial charge on any atom is -0.441 e. The van der Waals surface area contributed by atoms with Gasteiger partial charge < -0.3 is 9.73 Å². The summed E-state index contributed by atoms with van der Waals surface area (Å²) in [5.41, 5.74) is 3.77. The van der Waals surface area contributed by atoms with Crippen LogP contribution in [-0.4, -0.2) is 16.9 Å². The molecule has 0 unspecified atom stereocenters. The van der Waals surface area contributed by atoms with Gasteiger partial charge >= 0.3 is 0 Å². The van der Waals surface area contributed by atoms with Gasteiger partial charge in [-0.1, -0.05) is 44.4 Å². The molecule has 1 N–H and O–H groups in total. The molecule has 0 aliphatic heterocycles. The van der Waals surface area contributed by atoms with Gasteiger partial charge in [0, 0.05) is 27.8 Å². The molecule has 1 fully saturated rings. The Kier molecular flexibility index (Phi) is 7.04. The number of carbonyl (C=O) groups is 1. The Morgan fingerprint density at radius 2 is 1.78 bits per heavy atom. The number of benzene rings is 2. The van der Waals surface area contributed by atoms with Gasteiger partial charge in [-0.2, -0.15) is 0 Å². The van der Waals surface area contributed by atoms with E-state index < -0.39 is 0 Å². The van der Waals surface area contributed by atoms with E-state index in [0.717, 1.165) is 29.2 Å². The molecule has 3 aromatic rings. The van der Waals surface area contributed by atoms with E-state index in [9.17, 15) is 4.79 Å². The van der Waals surface area contributed by atoms with Gasteiger partial charge in [-0.15, -0.1) is 11.8 Å². The number of hydrogen-bond acceptors (Lipinski definition) is 4. The van der Waals surface area contributed by atoms with Crippen LogP contribution in [-0.2, 0) is 5.75 Å². The van der Waals surface area contributed by atoms with E-state index in [2.05, 4.69) is 50.4 Å². The van der Waals surface area contributed by atoms with Gasteiger partial charge in [-0.3, -0.25) is 4.79 Å². The Bertz CT molecular complexity index is 1060. The monoisotopic (exact) mass is 448 g/mol. The quantitative estimate of drug-likeness (QED) is 0.421. The maximum atomic E-state index is 12.8. The van der Waals surface area contributed by atoms with Crippen molar-refractivity contribution in [2.45, 2.75) is 63.6 Å². The average molecular weight is 449 g/mol. The SMILES string of the molecule is Cc1ccc(SCc2nc(-c3ccc(C(=O)N[C@@H]4CCC[C@H](C)[C@@H]4C)cc3)oc2C)cc1. The maximum Gasteiger partial charge on any atom is 0.251 e. The zero-order chi connectivity index (χ0) is 22.7. The van der Waals surface area contributed by atoms with Crippen LogP contribution in [0.5, 0.6) is 0 Å². The predicted molar refractivity (Wildman–Crippen MR) is 131 cm³/mol. The number of nitrogens with one attached hydrogen (secondary N) is 1. The largest absolute Gasteiger partial charge is 0.441 e. The van der Waals surface area contributed by atoms with Crippen molar-refractivity contribution in [1.29, 1.82) is 0 Å². The van der Waals surface area contributed by atoms with Crippen molar-refractivity contribution < 1.29 is 9.21 Å². The van der Waals surface area contributed by atoms with Crippen molar-refractivity contribution in [2.24, 2.45) is 11.8 Å². The molecule has 168 valence electrons. The van der Waals surface area contributed by atoms with Gasteiger partial charge in [0.05, 0.1) is 5.69 Å². The van der Waals surface area contributed by atoms with Crippen LogP contribution in [0, 0.1) is 25.7 Å². The number of carbonyl (C=O) groups excluding carboxylic acids is 1. The van der Waals surface area contributed by atoms with Crippen LogP contribution in [0.25, 0.3) is 11.5 Å². The highest BCUT2D eigenvalue weighted by atomic mass is 32.2. The molecule has 4 nitrogen and oxygen atoms in total. The van der Waals surface area contributed by atoms with Crippen LogP contribution >= 0.6 is 11.8 Å². The first-order valence-corrected chi connectivity index (χ1v) is 12.5. The fourth-order valence-electron chi connectivity index (χ4n) is 4.27. The summed E-state index contributed by atoms with van der Waals surface area (Å²) in [6.07, 6.45) is 3.50. The number of nitrogens with zero attached hydrogens (tertiary/aromatic N) is 1. The summed E-state index contributed by atoms with van der Waals surface area (Å²) in [5.74, 6) is 3.37. The zero-order valence-electron chi connectivity index (χ0n) is 19.4. The standard InChI is InChI=1S/C27H32N2O2S/c1-17-8-14-23(15-9-17)32-16-25-20(4)31-27(29-25)22-12-10-21(11-13-22)26(30)28-24-7-5-6-18(2)19(24)3/h8-15,18-19,24H,5-7,16H2,1-4H3,(H,28,30)/t18-,19-,24+/m0/s1. The number of hydrogen-bond donors (Lipinski definition) is 1. The Hall–Kier alpha value is -2.53. The third kappa shape index (κ3) is 5.26. The van der Waals surface area contributed by atoms with Gasteiger partial charge in [0.25, 0.3) is 5.91 Å². The molecule has 1 saturated carbocycles. The second-order valence-corrected chi connectivity index (χ2v) is 10.1. The summed E-state index contributed by atoms with van der Waals surface area (Å²) in [7, 11) is 0. The molecule has 1 aliphatic carbocycles. The molecule has 0 spiro atoms. The van der Waals surface area contributed by atoms with E-state index >= 15 is 0 Å². The van der Waals surface area contributed by atoms with E-state index in [1.54, 1.807) is 11.8 Å². The second-order valence-electron chi connectivity index (χ2n) is 9.05. The smallest absolute Gasteiger partial charge is 0.251 e. The number of thioether (sulfide) groups is 1. The lowest BCUT2D eigenvalue weighted by atomic mass is 9.78. The van der Waals surface area contributed by atoms with E-state index in [1.165, 1.54) is 23.3 Å². The minimum atomic E-state index is 0.00118. The molecule has 0 saturated heterocycles. The minimum absolute atomic E-state index is 0.00118. The average Bonchev–Trinajstić information content (AvgIpc) is 3.17. The summed E-state index contributed by atoms with van der Waals surface area (Å²) in [6, 6.07) is 16.3. The highest BCUT2D eigenvalue weighted by Crippen LogP contribution is 2.30. The third-order valence-corrected chi connectivity index (χ3v) is 7.73. The highest BCUT2D eigenvalue weighted by molar-refractivity contribution is 7.98. The topological polar surface area (TPSA) is 55.1 Å². The van der Waals surface area contributed by atoms with Crippen molar-refractivity contribution in [3.05, 3.63) is 71.1 Å². The number of aryl methyl sites for hydroxylation is 2. The Morgan fingerprint density at radius 1 is 1.06 bits per heavy atom. The highest BCUT2D eigenvalue weighted by Gasteiger charge is 2.28. The first-order valence-electron chi connectivity index (χ1n) is 11.5.